The number of fused-ring (bicyclic) bond motifs is 5. The molecule has 0 radical (unpaired) electrons. The Hall–Kier alpha value is -5.88. The van der Waals surface area contributed by atoms with Crippen LogP contribution in [0.15, 0.2) is 134 Å². The lowest BCUT2D eigenvalue weighted by molar-refractivity contribution is 0.496. The molecule has 0 saturated heterocycles. The van der Waals surface area contributed by atoms with Gasteiger partial charge in [0.1, 0.15) is 11.5 Å². The summed E-state index contributed by atoms with van der Waals surface area (Å²) in [6.07, 6.45) is 6.10. The second-order valence-corrected chi connectivity index (χ2v) is 11.9. The van der Waals surface area contributed by atoms with Gasteiger partial charge in [-0.2, -0.15) is 0 Å². The molecule has 0 atom stereocenters. The minimum Gasteiger partial charge on any atom is -0.361 e. The van der Waals surface area contributed by atoms with Crippen LogP contribution in [0.5, 0.6) is 0 Å². The summed E-state index contributed by atoms with van der Waals surface area (Å²) in [5.74, 6) is 0.936. The smallest absolute Gasteiger partial charge is 0.145 e. The van der Waals surface area contributed by atoms with E-state index in [2.05, 4.69) is 155 Å². The van der Waals surface area contributed by atoms with Crippen LogP contribution in [0, 0.1) is 0 Å². The zero-order chi connectivity index (χ0) is 30.1. The summed E-state index contributed by atoms with van der Waals surface area (Å²) >= 11 is 0. The lowest BCUT2D eigenvalue weighted by atomic mass is 10.0. The Morgan fingerprint density at radius 1 is 0.600 bits per heavy atom. The SMILES string of the molecule is CN1C=CN(c2cccc(-n3c4cc(-c5nc6cc(-c7ccc8ccccc8c7)ccc6n5C)ccc4c4cccnc43)c2)C1. The van der Waals surface area contributed by atoms with Crippen molar-refractivity contribution in [2.75, 3.05) is 18.6 Å². The molecule has 3 aromatic heterocycles. The molecule has 4 heterocycles. The summed E-state index contributed by atoms with van der Waals surface area (Å²) in [5, 5.41) is 4.79. The number of hydrogen-bond donors (Lipinski definition) is 0. The number of rotatable bonds is 4. The molecular formula is C39H30N6. The quantitative estimate of drug-likeness (QED) is 0.208. The van der Waals surface area contributed by atoms with Gasteiger partial charge in [0.05, 0.1) is 23.2 Å². The Balaban J connectivity index is 1.18. The molecule has 9 rings (SSSR count). The lowest BCUT2D eigenvalue weighted by Gasteiger charge is -2.19. The average molecular weight is 583 g/mol. The Morgan fingerprint density at radius 3 is 2.31 bits per heavy atom. The summed E-state index contributed by atoms with van der Waals surface area (Å²) < 4.78 is 4.48. The van der Waals surface area contributed by atoms with Crippen molar-refractivity contribution >= 4 is 49.4 Å². The minimum absolute atomic E-state index is 0.828. The van der Waals surface area contributed by atoms with Crippen molar-refractivity contribution in [3.8, 4) is 28.2 Å². The van der Waals surface area contributed by atoms with Gasteiger partial charge in [-0.05, 0) is 76.5 Å². The number of nitrogens with zero attached hydrogens (tertiary/aromatic N) is 6. The lowest BCUT2D eigenvalue weighted by Crippen LogP contribution is -2.21. The standard InChI is InChI=1S/C39H30N6/c1-42-19-20-44(25-42)31-9-5-10-32(24-31)45-37-23-30(14-16-33(37)34-11-6-18-40-39(34)45)38-41-35-22-29(15-17-36(35)43(38)2)28-13-12-26-7-3-4-8-27(26)21-28/h3-24H,25H2,1-2H3. The van der Waals surface area contributed by atoms with Crippen molar-refractivity contribution in [2.24, 2.45) is 7.05 Å². The predicted octanol–water partition coefficient (Wildman–Crippen LogP) is 8.73. The Bertz CT molecular complexity index is 2460. The summed E-state index contributed by atoms with van der Waals surface area (Å²) in [7, 11) is 4.19. The fourth-order valence-electron chi connectivity index (χ4n) is 6.76. The maximum absolute atomic E-state index is 5.19. The van der Waals surface area contributed by atoms with Crippen molar-refractivity contribution in [1.82, 2.24) is 24.0 Å². The molecule has 8 aromatic rings. The molecule has 5 aromatic carbocycles. The monoisotopic (exact) mass is 582 g/mol. The molecule has 1 aliphatic rings. The van der Waals surface area contributed by atoms with E-state index in [1.807, 2.05) is 12.3 Å². The van der Waals surface area contributed by atoms with Crippen molar-refractivity contribution in [3.05, 3.63) is 134 Å². The molecule has 6 nitrogen and oxygen atoms in total. The summed E-state index contributed by atoms with van der Waals surface area (Å²) in [6, 6.07) is 41.3. The van der Waals surface area contributed by atoms with Gasteiger partial charge in [-0.1, -0.05) is 60.7 Å². The molecule has 0 saturated carbocycles. The van der Waals surface area contributed by atoms with Crippen LogP contribution in [-0.4, -0.2) is 37.7 Å². The molecule has 0 amide bonds. The maximum Gasteiger partial charge on any atom is 0.145 e. The third-order valence-corrected chi connectivity index (χ3v) is 9.05. The first-order valence-corrected chi connectivity index (χ1v) is 15.2. The number of anilines is 1. The van der Waals surface area contributed by atoms with Gasteiger partial charge >= 0.3 is 0 Å². The first kappa shape index (κ1) is 25.6. The van der Waals surface area contributed by atoms with Crippen LogP contribution < -0.4 is 4.90 Å². The molecule has 0 N–H and O–H groups in total. The first-order chi connectivity index (χ1) is 22.1. The number of aromatic nitrogens is 4. The van der Waals surface area contributed by atoms with E-state index in [1.54, 1.807) is 0 Å². The molecule has 0 spiro atoms. The molecule has 0 fully saturated rings. The van der Waals surface area contributed by atoms with Crippen LogP contribution in [-0.2, 0) is 7.05 Å². The Labute approximate surface area is 260 Å². The summed E-state index contributed by atoms with van der Waals surface area (Å²) in [4.78, 5) is 14.5. The second-order valence-electron chi connectivity index (χ2n) is 11.9. The largest absolute Gasteiger partial charge is 0.361 e. The average Bonchev–Trinajstić information content (AvgIpc) is 3.77. The van der Waals surface area contributed by atoms with E-state index < -0.39 is 0 Å². The summed E-state index contributed by atoms with van der Waals surface area (Å²) in [6.45, 7) is 0.828. The topological polar surface area (TPSA) is 42.1 Å². The number of benzene rings is 5. The van der Waals surface area contributed by atoms with Gasteiger partial charge in [0.15, 0.2) is 0 Å². The van der Waals surface area contributed by atoms with Gasteiger partial charge < -0.3 is 14.4 Å². The van der Waals surface area contributed by atoms with E-state index in [0.717, 1.165) is 57.0 Å². The number of aryl methyl sites for hydroxylation is 1. The van der Waals surface area contributed by atoms with Crippen LogP contribution in [0.4, 0.5) is 5.69 Å². The normalized spacial score (nSPS) is 13.3. The van der Waals surface area contributed by atoms with Crippen molar-refractivity contribution in [3.63, 3.8) is 0 Å². The van der Waals surface area contributed by atoms with E-state index in [-0.39, 0.29) is 0 Å². The highest BCUT2D eigenvalue weighted by Crippen LogP contribution is 2.36. The number of pyridine rings is 1. The van der Waals surface area contributed by atoms with Crippen molar-refractivity contribution in [2.45, 2.75) is 0 Å². The molecule has 0 aliphatic carbocycles. The first-order valence-electron chi connectivity index (χ1n) is 15.2. The zero-order valence-corrected chi connectivity index (χ0v) is 25.1. The van der Waals surface area contributed by atoms with Gasteiger partial charge in [-0.3, -0.25) is 4.57 Å². The third kappa shape index (κ3) is 4.10. The molecule has 0 unspecified atom stereocenters. The van der Waals surface area contributed by atoms with Crippen molar-refractivity contribution in [1.29, 1.82) is 0 Å². The van der Waals surface area contributed by atoms with Gasteiger partial charge in [-0.25, -0.2) is 9.97 Å². The van der Waals surface area contributed by atoms with E-state index in [9.17, 15) is 0 Å². The van der Waals surface area contributed by atoms with Gasteiger partial charge in [0, 0.05) is 60.4 Å². The molecule has 216 valence electrons. The third-order valence-electron chi connectivity index (χ3n) is 9.05. The fraction of sp³-hybridized carbons (Fsp3) is 0.0769. The van der Waals surface area contributed by atoms with Crippen molar-refractivity contribution < 1.29 is 0 Å². The van der Waals surface area contributed by atoms with Crippen LogP contribution in [0.3, 0.4) is 0 Å². The highest BCUT2D eigenvalue weighted by atomic mass is 15.3. The van der Waals surface area contributed by atoms with Gasteiger partial charge in [0.2, 0.25) is 0 Å². The van der Waals surface area contributed by atoms with Crippen LogP contribution in [0.2, 0.25) is 0 Å². The van der Waals surface area contributed by atoms with E-state index >= 15 is 0 Å². The van der Waals surface area contributed by atoms with Crippen LogP contribution >= 0.6 is 0 Å². The van der Waals surface area contributed by atoms with Crippen LogP contribution in [0.25, 0.3) is 71.9 Å². The zero-order valence-electron chi connectivity index (χ0n) is 25.1. The second kappa shape index (κ2) is 9.82. The molecule has 0 bridgehead atoms. The Morgan fingerprint density at radius 2 is 1.42 bits per heavy atom. The van der Waals surface area contributed by atoms with Gasteiger partial charge in [-0.15, -0.1) is 0 Å². The highest BCUT2D eigenvalue weighted by molar-refractivity contribution is 6.09. The van der Waals surface area contributed by atoms with Crippen LogP contribution in [0.1, 0.15) is 0 Å². The number of hydrogen-bond acceptors (Lipinski definition) is 4. The minimum atomic E-state index is 0.828. The molecule has 1 aliphatic heterocycles. The summed E-state index contributed by atoms with van der Waals surface area (Å²) in [5.41, 5.74) is 9.79. The fourth-order valence-corrected chi connectivity index (χ4v) is 6.76. The highest BCUT2D eigenvalue weighted by Gasteiger charge is 2.18. The number of imidazole rings is 1. The van der Waals surface area contributed by atoms with Gasteiger partial charge in [0.25, 0.3) is 0 Å². The predicted molar refractivity (Wildman–Crippen MR) is 185 cm³/mol. The molecular weight excluding hydrogens is 552 g/mol. The Kier molecular flexibility index (Phi) is 5.59. The van der Waals surface area contributed by atoms with E-state index in [0.29, 0.717) is 0 Å². The van der Waals surface area contributed by atoms with E-state index in [1.165, 1.54) is 27.3 Å². The van der Waals surface area contributed by atoms with E-state index in [4.69, 9.17) is 9.97 Å². The molecule has 6 heteroatoms. The maximum atomic E-state index is 5.19. The molecule has 45 heavy (non-hydrogen) atoms.